The van der Waals surface area contributed by atoms with Crippen molar-refractivity contribution < 1.29 is 19.5 Å². The van der Waals surface area contributed by atoms with Crippen LogP contribution >= 0.6 is 0 Å². The number of hydrogen-bond acceptors (Lipinski definition) is 3. The van der Waals surface area contributed by atoms with Gasteiger partial charge in [0.1, 0.15) is 0 Å². The van der Waals surface area contributed by atoms with E-state index < -0.39 is 6.09 Å². The number of carbonyl (C=O) groups is 3. The van der Waals surface area contributed by atoms with Gasteiger partial charge >= 0.3 is 6.09 Å². The van der Waals surface area contributed by atoms with Crippen molar-refractivity contribution >= 4 is 17.8 Å². The summed E-state index contributed by atoms with van der Waals surface area (Å²) in [6.07, 6.45) is 3.67. The van der Waals surface area contributed by atoms with Gasteiger partial charge in [0.15, 0.2) is 5.78 Å². The Labute approximate surface area is 136 Å². The Balaban J connectivity index is 2.05. The van der Waals surface area contributed by atoms with E-state index in [4.69, 9.17) is 5.11 Å². The van der Waals surface area contributed by atoms with Crippen LogP contribution in [0, 0.1) is 5.41 Å². The van der Waals surface area contributed by atoms with E-state index in [9.17, 15) is 14.4 Å². The van der Waals surface area contributed by atoms with Crippen LogP contribution in [0.1, 0.15) is 33.6 Å². The van der Waals surface area contributed by atoms with Crippen LogP contribution in [-0.2, 0) is 9.59 Å². The van der Waals surface area contributed by atoms with Gasteiger partial charge in [-0.25, -0.2) is 4.79 Å². The van der Waals surface area contributed by atoms with Gasteiger partial charge in [-0.2, -0.15) is 0 Å². The molecule has 0 aromatic heterocycles. The lowest BCUT2D eigenvalue weighted by molar-refractivity contribution is -0.127. The summed E-state index contributed by atoms with van der Waals surface area (Å²) in [5.74, 6) is 0.00987. The molecule has 23 heavy (non-hydrogen) atoms. The molecule has 1 aliphatic heterocycles. The van der Waals surface area contributed by atoms with Crippen LogP contribution in [0.15, 0.2) is 23.3 Å². The molecular weight excluding hydrogens is 296 g/mol. The maximum absolute atomic E-state index is 12.3. The first-order valence-corrected chi connectivity index (χ1v) is 7.92. The maximum atomic E-state index is 12.3. The molecule has 0 atom stereocenters. The lowest BCUT2D eigenvalue weighted by atomic mass is 9.72. The molecule has 0 bridgehead atoms. The highest BCUT2D eigenvalue weighted by Crippen LogP contribution is 2.39. The number of carboxylic acid groups (broad SMARTS) is 1. The zero-order valence-electron chi connectivity index (χ0n) is 14.0. The molecule has 0 aromatic carbocycles. The monoisotopic (exact) mass is 320 g/mol. The summed E-state index contributed by atoms with van der Waals surface area (Å²) < 4.78 is 0. The van der Waals surface area contributed by atoms with Crippen LogP contribution in [0.4, 0.5) is 4.79 Å². The summed E-state index contributed by atoms with van der Waals surface area (Å²) in [6, 6.07) is 0. The summed E-state index contributed by atoms with van der Waals surface area (Å²) >= 11 is 0. The Morgan fingerprint density at radius 1 is 1.13 bits per heavy atom. The van der Waals surface area contributed by atoms with E-state index in [0.717, 1.165) is 17.6 Å². The summed E-state index contributed by atoms with van der Waals surface area (Å²) in [5.41, 5.74) is 1.55. The Kier molecular flexibility index (Phi) is 4.92. The molecule has 0 aromatic rings. The molecule has 2 rings (SSSR count). The minimum absolute atomic E-state index is 0.114. The predicted molar refractivity (Wildman–Crippen MR) is 86.0 cm³/mol. The molecule has 2 aliphatic rings. The fraction of sp³-hybridized carbons (Fsp3) is 0.588. The molecule has 1 aliphatic carbocycles. The first-order valence-electron chi connectivity index (χ1n) is 7.92. The van der Waals surface area contributed by atoms with Crippen molar-refractivity contribution in [2.24, 2.45) is 5.41 Å². The van der Waals surface area contributed by atoms with Crippen LogP contribution < -0.4 is 0 Å². The summed E-state index contributed by atoms with van der Waals surface area (Å²) in [4.78, 5) is 38.0. The topological polar surface area (TPSA) is 77.9 Å². The van der Waals surface area contributed by atoms with Gasteiger partial charge in [0, 0.05) is 38.7 Å². The average Bonchev–Trinajstić information content (AvgIpc) is 2.51. The number of hydrogen-bond donors (Lipinski definition) is 1. The lowest BCUT2D eigenvalue weighted by Crippen LogP contribution is -2.49. The van der Waals surface area contributed by atoms with E-state index in [1.54, 1.807) is 11.0 Å². The Morgan fingerprint density at radius 2 is 1.70 bits per heavy atom. The predicted octanol–water partition coefficient (Wildman–Crippen LogP) is 2.07. The standard InChI is InChI=1S/C17H24N2O4/c1-12-13(17(2,3)7-6-14(12)20)4-5-15(21)18-8-10-19(11-9-18)16(22)23/h4-5H,6-11H2,1-3H3,(H,22,23)/b5-4+. The van der Waals surface area contributed by atoms with E-state index in [1.807, 2.05) is 6.92 Å². The number of piperazine rings is 1. The number of Topliss-reactive ketones (excluding diaryl/α,β-unsaturated/α-hetero) is 1. The minimum Gasteiger partial charge on any atom is -0.465 e. The fourth-order valence-corrected chi connectivity index (χ4v) is 3.13. The average molecular weight is 320 g/mol. The van der Waals surface area contributed by atoms with Gasteiger partial charge in [0.25, 0.3) is 0 Å². The van der Waals surface area contributed by atoms with Gasteiger partial charge in [0.2, 0.25) is 5.91 Å². The van der Waals surface area contributed by atoms with Crippen molar-refractivity contribution in [3.8, 4) is 0 Å². The zero-order valence-corrected chi connectivity index (χ0v) is 14.0. The van der Waals surface area contributed by atoms with Crippen molar-refractivity contribution in [2.45, 2.75) is 33.6 Å². The van der Waals surface area contributed by atoms with E-state index >= 15 is 0 Å². The normalized spacial score (nSPS) is 22.0. The van der Waals surface area contributed by atoms with E-state index in [0.29, 0.717) is 32.6 Å². The first kappa shape index (κ1) is 17.2. The highest BCUT2D eigenvalue weighted by molar-refractivity contribution is 5.98. The molecule has 2 amide bonds. The molecule has 0 spiro atoms. The second-order valence-electron chi connectivity index (χ2n) is 6.77. The van der Waals surface area contributed by atoms with E-state index in [1.165, 1.54) is 11.0 Å². The second-order valence-corrected chi connectivity index (χ2v) is 6.77. The largest absolute Gasteiger partial charge is 0.465 e. The van der Waals surface area contributed by atoms with Crippen molar-refractivity contribution in [3.05, 3.63) is 23.3 Å². The number of allylic oxidation sites excluding steroid dienone is 3. The van der Waals surface area contributed by atoms with Gasteiger partial charge in [-0.1, -0.05) is 19.9 Å². The summed E-state index contributed by atoms with van der Waals surface area (Å²) in [5, 5.41) is 8.92. The zero-order chi connectivity index (χ0) is 17.2. The number of nitrogens with zero attached hydrogens (tertiary/aromatic N) is 2. The minimum atomic E-state index is -0.948. The first-order chi connectivity index (χ1) is 10.7. The summed E-state index contributed by atoms with van der Waals surface area (Å²) in [7, 11) is 0. The van der Waals surface area contributed by atoms with Crippen LogP contribution in [0.25, 0.3) is 0 Å². The quantitative estimate of drug-likeness (QED) is 0.790. The molecule has 1 heterocycles. The third kappa shape index (κ3) is 3.81. The molecular formula is C17H24N2O4. The number of rotatable bonds is 2. The van der Waals surface area contributed by atoms with Crippen LogP contribution in [-0.4, -0.2) is 58.9 Å². The van der Waals surface area contributed by atoms with E-state index in [-0.39, 0.29) is 17.1 Å². The number of amides is 2. The number of carbonyl (C=O) groups excluding carboxylic acids is 2. The molecule has 0 unspecified atom stereocenters. The molecule has 0 saturated carbocycles. The third-order valence-corrected chi connectivity index (χ3v) is 4.78. The van der Waals surface area contributed by atoms with Crippen LogP contribution in [0.2, 0.25) is 0 Å². The Morgan fingerprint density at radius 3 is 2.26 bits per heavy atom. The van der Waals surface area contributed by atoms with Crippen LogP contribution in [0.5, 0.6) is 0 Å². The fourth-order valence-electron chi connectivity index (χ4n) is 3.13. The van der Waals surface area contributed by atoms with Crippen molar-refractivity contribution in [2.75, 3.05) is 26.2 Å². The highest BCUT2D eigenvalue weighted by Gasteiger charge is 2.31. The lowest BCUT2D eigenvalue weighted by Gasteiger charge is -2.33. The van der Waals surface area contributed by atoms with Crippen LogP contribution in [0.3, 0.4) is 0 Å². The van der Waals surface area contributed by atoms with Crippen molar-refractivity contribution in [1.29, 1.82) is 0 Å². The third-order valence-electron chi connectivity index (χ3n) is 4.78. The molecule has 6 nitrogen and oxygen atoms in total. The van der Waals surface area contributed by atoms with Gasteiger partial charge < -0.3 is 14.9 Å². The molecule has 1 fully saturated rings. The van der Waals surface area contributed by atoms with Gasteiger partial charge in [-0.3, -0.25) is 9.59 Å². The molecule has 1 saturated heterocycles. The molecule has 0 radical (unpaired) electrons. The molecule has 6 heteroatoms. The highest BCUT2D eigenvalue weighted by atomic mass is 16.4. The Bertz CT molecular complexity index is 581. The van der Waals surface area contributed by atoms with Gasteiger partial charge in [-0.05, 0) is 29.9 Å². The summed E-state index contributed by atoms with van der Waals surface area (Å²) in [6.45, 7) is 7.45. The SMILES string of the molecule is CC1=C(/C=C/C(=O)N2CCN(C(=O)O)CC2)C(C)(C)CCC1=O. The molecule has 1 N–H and O–H groups in total. The van der Waals surface area contributed by atoms with Crippen molar-refractivity contribution in [1.82, 2.24) is 9.80 Å². The van der Waals surface area contributed by atoms with Gasteiger partial charge in [-0.15, -0.1) is 0 Å². The maximum Gasteiger partial charge on any atom is 0.407 e. The second kappa shape index (κ2) is 6.56. The number of ketones is 1. The smallest absolute Gasteiger partial charge is 0.407 e. The van der Waals surface area contributed by atoms with E-state index in [2.05, 4.69) is 13.8 Å². The molecule has 126 valence electrons. The Hall–Kier alpha value is -2.11. The van der Waals surface area contributed by atoms with Crippen molar-refractivity contribution in [3.63, 3.8) is 0 Å². The van der Waals surface area contributed by atoms with Gasteiger partial charge in [0.05, 0.1) is 0 Å².